The molecule has 0 atom stereocenters. The van der Waals surface area contributed by atoms with Crippen LogP contribution in [0.2, 0.25) is 0 Å². The number of nitrogens with one attached hydrogen (secondary N) is 2. The number of carbonyl (C=O) groups excluding carboxylic acids is 1. The average Bonchev–Trinajstić information content (AvgIpc) is 2.55. The number of hydrogen-bond donors (Lipinski definition) is 2. The third-order valence-electron chi connectivity index (χ3n) is 3.20. The molecule has 0 fully saturated rings. The molecule has 1 radical (unpaired) electrons. The third kappa shape index (κ3) is 4.63. The molecule has 2 rings (SSSR count). The van der Waals surface area contributed by atoms with E-state index in [2.05, 4.69) is 5.32 Å². The van der Waals surface area contributed by atoms with E-state index in [4.69, 9.17) is 5.41 Å². The fourth-order valence-corrected chi connectivity index (χ4v) is 2.33. The van der Waals surface area contributed by atoms with Crippen molar-refractivity contribution in [2.75, 3.05) is 11.6 Å². The van der Waals surface area contributed by atoms with Crippen molar-refractivity contribution in [3.63, 3.8) is 0 Å². The van der Waals surface area contributed by atoms with E-state index in [0.717, 1.165) is 11.1 Å². The van der Waals surface area contributed by atoms with Crippen molar-refractivity contribution in [3.8, 4) is 5.75 Å². The predicted octanol–water partition coefficient (Wildman–Crippen LogP) is 4.09. The number of thioether (sulfide) groups is 1. The van der Waals surface area contributed by atoms with Crippen LogP contribution in [0.15, 0.2) is 48.5 Å². The van der Waals surface area contributed by atoms with Gasteiger partial charge in [-0.25, -0.2) is 0 Å². The highest BCUT2D eigenvalue weighted by atomic mass is 32.2. The zero-order chi connectivity index (χ0) is 15.9. The van der Waals surface area contributed by atoms with Gasteiger partial charge in [-0.2, -0.15) is 0 Å². The quantitative estimate of drug-likeness (QED) is 0.644. The Morgan fingerprint density at radius 2 is 1.73 bits per heavy atom. The van der Waals surface area contributed by atoms with Crippen molar-refractivity contribution in [1.82, 2.24) is 0 Å². The average molecular weight is 313 g/mol. The van der Waals surface area contributed by atoms with Crippen molar-refractivity contribution >= 4 is 28.4 Å². The second-order valence-corrected chi connectivity index (χ2v) is 5.62. The van der Waals surface area contributed by atoms with Crippen LogP contribution in [0.5, 0.6) is 5.75 Å². The molecular formula is C17H17N2O2S. The molecule has 5 heteroatoms. The number of aryl methyl sites for hydroxylation is 1. The first-order chi connectivity index (χ1) is 10.6. The fourth-order valence-electron chi connectivity index (χ4n) is 1.96. The Balaban J connectivity index is 1.85. The van der Waals surface area contributed by atoms with E-state index in [1.54, 1.807) is 12.1 Å². The Morgan fingerprint density at radius 3 is 2.32 bits per heavy atom. The SMILES string of the molecule is CSC(=N)c1ccc(CCC(=O)Nc2ccc([O])cc2)cc1. The van der Waals surface area contributed by atoms with Crippen molar-refractivity contribution in [2.24, 2.45) is 0 Å². The Bertz CT molecular complexity index is 651. The molecule has 2 aromatic rings. The summed E-state index contributed by atoms with van der Waals surface area (Å²) in [5.41, 5.74) is 2.58. The molecule has 1 amide bonds. The van der Waals surface area contributed by atoms with Gasteiger partial charge in [-0.3, -0.25) is 15.3 Å². The summed E-state index contributed by atoms with van der Waals surface area (Å²) in [6, 6.07) is 13.7. The lowest BCUT2D eigenvalue weighted by Crippen LogP contribution is -2.12. The summed E-state index contributed by atoms with van der Waals surface area (Å²) in [5, 5.41) is 22.0. The first-order valence-corrected chi connectivity index (χ1v) is 8.10. The Kier molecular flexibility index (Phi) is 5.61. The van der Waals surface area contributed by atoms with Gasteiger partial charge in [-0.05, 0) is 42.5 Å². The lowest BCUT2D eigenvalue weighted by molar-refractivity contribution is -0.116. The molecule has 0 aliphatic rings. The maximum atomic E-state index is 11.9. The largest absolute Gasteiger partial charge is 0.326 e. The van der Waals surface area contributed by atoms with Gasteiger partial charge in [-0.1, -0.05) is 24.3 Å². The van der Waals surface area contributed by atoms with Crippen LogP contribution in [0, 0.1) is 5.41 Å². The van der Waals surface area contributed by atoms with Gasteiger partial charge in [0.25, 0.3) is 0 Å². The summed E-state index contributed by atoms with van der Waals surface area (Å²) in [6.07, 6.45) is 2.89. The van der Waals surface area contributed by atoms with Gasteiger partial charge in [0.1, 0.15) is 0 Å². The molecule has 0 saturated heterocycles. The second kappa shape index (κ2) is 7.66. The fraction of sp³-hybridized carbons (Fsp3) is 0.176. The molecule has 4 nitrogen and oxygen atoms in total. The number of carbonyl (C=O) groups is 1. The molecule has 2 N–H and O–H groups in total. The van der Waals surface area contributed by atoms with Crippen LogP contribution >= 0.6 is 11.8 Å². The van der Waals surface area contributed by atoms with Gasteiger partial charge in [-0.15, -0.1) is 11.8 Å². The van der Waals surface area contributed by atoms with Crippen LogP contribution in [-0.2, 0) is 16.3 Å². The molecule has 22 heavy (non-hydrogen) atoms. The van der Waals surface area contributed by atoms with E-state index in [1.807, 2.05) is 30.5 Å². The van der Waals surface area contributed by atoms with Gasteiger partial charge in [0, 0.05) is 17.7 Å². The van der Waals surface area contributed by atoms with Crippen LogP contribution in [0.4, 0.5) is 5.69 Å². The third-order valence-corrected chi connectivity index (χ3v) is 3.84. The number of rotatable bonds is 5. The van der Waals surface area contributed by atoms with Gasteiger partial charge < -0.3 is 5.32 Å². The van der Waals surface area contributed by atoms with E-state index >= 15 is 0 Å². The molecule has 0 unspecified atom stereocenters. The first-order valence-electron chi connectivity index (χ1n) is 6.87. The Morgan fingerprint density at radius 1 is 1.09 bits per heavy atom. The highest BCUT2D eigenvalue weighted by molar-refractivity contribution is 8.13. The summed E-state index contributed by atoms with van der Waals surface area (Å²) in [7, 11) is 0. The molecule has 0 heterocycles. The molecule has 0 bridgehead atoms. The van der Waals surface area contributed by atoms with Crippen LogP contribution in [0.25, 0.3) is 0 Å². The van der Waals surface area contributed by atoms with E-state index in [-0.39, 0.29) is 11.7 Å². The molecule has 0 aliphatic heterocycles. The van der Waals surface area contributed by atoms with Gasteiger partial charge >= 0.3 is 0 Å². The number of anilines is 1. The van der Waals surface area contributed by atoms with Crippen LogP contribution in [-0.4, -0.2) is 17.2 Å². The predicted molar refractivity (Wildman–Crippen MR) is 90.3 cm³/mol. The number of benzene rings is 2. The highest BCUT2D eigenvalue weighted by Gasteiger charge is 2.05. The number of hydrogen-bond acceptors (Lipinski definition) is 3. The minimum absolute atomic E-state index is 0.0751. The lowest BCUT2D eigenvalue weighted by Gasteiger charge is -2.06. The maximum absolute atomic E-state index is 11.9. The minimum atomic E-state index is -0.0837. The Labute approximate surface area is 134 Å². The summed E-state index contributed by atoms with van der Waals surface area (Å²) >= 11 is 1.40. The summed E-state index contributed by atoms with van der Waals surface area (Å²) < 4.78 is 0. The highest BCUT2D eigenvalue weighted by Crippen LogP contribution is 2.15. The topological polar surface area (TPSA) is 72.8 Å². The molecule has 0 aliphatic carbocycles. The van der Waals surface area contributed by atoms with Gasteiger partial charge in [0.05, 0.1) is 5.04 Å². The zero-order valence-corrected chi connectivity index (χ0v) is 13.1. The normalized spacial score (nSPS) is 10.2. The molecule has 0 saturated carbocycles. The molecule has 2 aromatic carbocycles. The molecular weight excluding hydrogens is 296 g/mol. The van der Waals surface area contributed by atoms with Crippen molar-refractivity contribution < 1.29 is 9.90 Å². The zero-order valence-electron chi connectivity index (χ0n) is 12.3. The van der Waals surface area contributed by atoms with Crippen molar-refractivity contribution in [2.45, 2.75) is 12.8 Å². The number of amides is 1. The smallest absolute Gasteiger partial charge is 0.224 e. The first kappa shape index (κ1) is 16.1. The van der Waals surface area contributed by atoms with Crippen LogP contribution in [0.3, 0.4) is 0 Å². The lowest BCUT2D eigenvalue weighted by atomic mass is 10.1. The second-order valence-electron chi connectivity index (χ2n) is 4.80. The molecule has 113 valence electrons. The molecule has 0 aromatic heterocycles. The summed E-state index contributed by atoms with van der Waals surface area (Å²) in [5.74, 6) is -0.159. The van der Waals surface area contributed by atoms with E-state index in [9.17, 15) is 9.90 Å². The molecule has 0 spiro atoms. The van der Waals surface area contributed by atoms with Crippen LogP contribution < -0.4 is 5.32 Å². The standard InChI is InChI=1S/C17H17N2O2S/c1-22-17(18)13-5-2-12(3-6-13)4-11-16(21)19-14-7-9-15(20)10-8-14/h2-3,5-10,18H,4,11H2,1H3,(H,19,21). The summed E-state index contributed by atoms with van der Waals surface area (Å²) in [4.78, 5) is 11.9. The van der Waals surface area contributed by atoms with Gasteiger partial charge in [0.2, 0.25) is 5.91 Å². The minimum Gasteiger partial charge on any atom is -0.326 e. The maximum Gasteiger partial charge on any atom is 0.224 e. The Hall–Kier alpha value is -2.27. The van der Waals surface area contributed by atoms with Gasteiger partial charge in [0.15, 0.2) is 5.75 Å². The van der Waals surface area contributed by atoms with E-state index in [0.29, 0.717) is 23.6 Å². The van der Waals surface area contributed by atoms with E-state index in [1.165, 1.54) is 23.9 Å². The van der Waals surface area contributed by atoms with Crippen molar-refractivity contribution in [1.29, 1.82) is 5.41 Å². The monoisotopic (exact) mass is 313 g/mol. The summed E-state index contributed by atoms with van der Waals surface area (Å²) in [6.45, 7) is 0. The van der Waals surface area contributed by atoms with Crippen LogP contribution in [0.1, 0.15) is 17.5 Å². The van der Waals surface area contributed by atoms with Crippen molar-refractivity contribution in [3.05, 3.63) is 59.7 Å². The van der Waals surface area contributed by atoms with E-state index < -0.39 is 0 Å².